The predicted octanol–water partition coefficient (Wildman–Crippen LogP) is 3.98. The third kappa shape index (κ3) is 3.00. The summed E-state index contributed by atoms with van der Waals surface area (Å²) in [5.41, 5.74) is 3.27. The number of ether oxygens (including phenoxy) is 1. The molecule has 2 saturated carbocycles. The van der Waals surface area contributed by atoms with Crippen molar-refractivity contribution in [2.24, 2.45) is 23.2 Å². The summed E-state index contributed by atoms with van der Waals surface area (Å²) >= 11 is 1.66. The van der Waals surface area contributed by atoms with Crippen LogP contribution in [0.15, 0.2) is 41.1 Å². The first-order valence-corrected chi connectivity index (χ1v) is 12.0. The van der Waals surface area contributed by atoms with Crippen molar-refractivity contribution in [3.63, 3.8) is 0 Å². The van der Waals surface area contributed by atoms with Crippen molar-refractivity contribution in [1.82, 2.24) is 10.3 Å². The molecule has 1 aliphatic heterocycles. The molecule has 2 bridgehead atoms. The van der Waals surface area contributed by atoms with E-state index in [0.29, 0.717) is 36.0 Å². The van der Waals surface area contributed by atoms with Gasteiger partial charge in [-0.15, -0.1) is 0 Å². The number of aromatic nitrogens is 1. The summed E-state index contributed by atoms with van der Waals surface area (Å²) in [5.74, 6) is 2.78. The van der Waals surface area contributed by atoms with Crippen LogP contribution in [0.2, 0.25) is 0 Å². The van der Waals surface area contributed by atoms with Crippen molar-refractivity contribution >= 4 is 23.1 Å². The summed E-state index contributed by atoms with van der Waals surface area (Å²) in [5, 5.41) is 7.41. The number of carbonyl (C=O) groups is 1. The molecule has 30 heavy (non-hydrogen) atoms. The topological polar surface area (TPSA) is 54.5 Å². The fraction of sp³-hybridized carbons (Fsp3) is 0.500. The first-order valence-electron chi connectivity index (χ1n) is 11.1. The van der Waals surface area contributed by atoms with E-state index in [4.69, 9.17) is 9.72 Å². The van der Waals surface area contributed by atoms with Crippen molar-refractivity contribution in [1.29, 1.82) is 0 Å². The number of carbonyl (C=O) groups excluding carboxylic acids is 1. The zero-order chi connectivity index (χ0) is 20.1. The highest BCUT2D eigenvalue weighted by Gasteiger charge is 2.62. The number of rotatable bonds is 5. The van der Waals surface area contributed by atoms with E-state index in [1.807, 2.05) is 12.1 Å². The molecule has 0 aromatic carbocycles. The van der Waals surface area contributed by atoms with E-state index in [1.165, 1.54) is 19.3 Å². The Kier molecular flexibility index (Phi) is 4.46. The van der Waals surface area contributed by atoms with E-state index in [-0.39, 0.29) is 5.91 Å². The molecule has 2 aromatic heterocycles. The fourth-order valence-electron chi connectivity index (χ4n) is 5.89. The minimum atomic E-state index is -0.00235. The van der Waals surface area contributed by atoms with E-state index < -0.39 is 0 Å². The van der Waals surface area contributed by atoms with Crippen molar-refractivity contribution in [3.05, 3.63) is 46.7 Å². The van der Waals surface area contributed by atoms with Gasteiger partial charge in [-0.05, 0) is 66.0 Å². The molecule has 4 aliphatic rings. The van der Waals surface area contributed by atoms with Crippen LogP contribution in [0, 0.1) is 23.2 Å². The Bertz CT molecular complexity index is 976. The molecule has 2 aromatic rings. The second kappa shape index (κ2) is 7.20. The molecule has 0 radical (unpaired) electrons. The maximum absolute atomic E-state index is 13.2. The first kappa shape index (κ1) is 18.6. The van der Waals surface area contributed by atoms with Gasteiger partial charge in [-0.25, -0.2) is 4.98 Å². The zero-order valence-electron chi connectivity index (χ0n) is 17.0. The molecule has 3 aliphatic carbocycles. The van der Waals surface area contributed by atoms with E-state index in [2.05, 4.69) is 39.2 Å². The lowest BCUT2D eigenvalue weighted by molar-refractivity contribution is 0.0942. The van der Waals surface area contributed by atoms with Crippen LogP contribution in [0.5, 0.6) is 0 Å². The molecule has 3 unspecified atom stereocenters. The van der Waals surface area contributed by atoms with Gasteiger partial charge in [-0.3, -0.25) is 4.79 Å². The molecule has 6 heteroatoms. The van der Waals surface area contributed by atoms with Gasteiger partial charge < -0.3 is 15.0 Å². The number of amides is 1. The van der Waals surface area contributed by atoms with Crippen LogP contribution < -0.4 is 10.2 Å². The molecule has 3 heterocycles. The molecule has 1 N–H and O–H groups in total. The molecule has 1 spiro atoms. The largest absolute Gasteiger partial charge is 0.378 e. The van der Waals surface area contributed by atoms with Crippen LogP contribution in [-0.4, -0.2) is 43.7 Å². The van der Waals surface area contributed by atoms with Crippen LogP contribution in [0.25, 0.3) is 11.3 Å². The molecule has 1 amide bonds. The molecular weight excluding hydrogens is 394 g/mol. The Hall–Kier alpha value is -2.18. The highest BCUT2D eigenvalue weighted by molar-refractivity contribution is 7.08. The van der Waals surface area contributed by atoms with E-state index in [1.54, 1.807) is 11.3 Å². The average Bonchev–Trinajstić information content (AvgIpc) is 3.14. The molecular formula is C24H27N3O2S. The number of morpholine rings is 1. The third-order valence-electron chi connectivity index (χ3n) is 7.62. The monoisotopic (exact) mass is 421 g/mol. The second-order valence-corrected chi connectivity index (χ2v) is 9.92. The van der Waals surface area contributed by atoms with Gasteiger partial charge in [0.15, 0.2) is 0 Å². The molecule has 3 fully saturated rings. The van der Waals surface area contributed by atoms with Crippen molar-refractivity contribution in [2.45, 2.75) is 19.3 Å². The molecule has 3 atom stereocenters. The summed E-state index contributed by atoms with van der Waals surface area (Å²) in [6, 6.07) is 6.00. The van der Waals surface area contributed by atoms with Gasteiger partial charge >= 0.3 is 0 Å². The van der Waals surface area contributed by atoms with Crippen LogP contribution in [-0.2, 0) is 4.74 Å². The van der Waals surface area contributed by atoms with Gasteiger partial charge in [0.2, 0.25) is 0 Å². The fourth-order valence-corrected chi connectivity index (χ4v) is 6.54. The highest BCUT2D eigenvalue weighted by Crippen LogP contribution is 2.69. The van der Waals surface area contributed by atoms with Crippen LogP contribution in [0.3, 0.4) is 0 Å². The minimum absolute atomic E-state index is 0.00235. The molecule has 156 valence electrons. The molecule has 1 saturated heterocycles. The normalized spacial score (nSPS) is 28.3. The minimum Gasteiger partial charge on any atom is -0.378 e. The van der Waals surface area contributed by atoms with Crippen LogP contribution in [0.1, 0.15) is 29.6 Å². The number of nitrogens with one attached hydrogen (secondary N) is 1. The summed E-state index contributed by atoms with van der Waals surface area (Å²) < 4.78 is 5.52. The number of hydrogen-bond acceptors (Lipinski definition) is 5. The zero-order valence-corrected chi connectivity index (χ0v) is 17.9. The number of hydrogen-bond donors (Lipinski definition) is 1. The average molecular weight is 422 g/mol. The highest BCUT2D eigenvalue weighted by atomic mass is 32.1. The maximum atomic E-state index is 13.2. The number of anilines is 1. The van der Waals surface area contributed by atoms with Crippen LogP contribution >= 0.6 is 11.3 Å². The summed E-state index contributed by atoms with van der Waals surface area (Å²) in [4.78, 5) is 20.3. The number of allylic oxidation sites excluding steroid dienone is 2. The third-order valence-corrected chi connectivity index (χ3v) is 8.30. The van der Waals surface area contributed by atoms with Gasteiger partial charge in [-0.1, -0.05) is 12.2 Å². The Balaban J connectivity index is 1.22. The SMILES string of the molecule is O=C(NCC1CC2C=CC1C21CC1)c1ccc(-c2ccsc2)nc1N1CCOCC1. The van der Waals surface area contributed by atoms with Crippen molar-refractivity contribution in [3.8, 4) is 11.3 Å². The number of thiophene rings is 1. The van der Waals surface area contributed by atoms with Gasteiger partial charge in [0.25, 0.3) is 5.91 Å². The Morgan fingerprint density at radius 1 is 1.23 bits per heavy atom. The lowest BCUT2D eigenvalue weighted by atomic mass is 9.89. The maximum Gasteiger partial charge on any atom is 0.255 e. The number of nitrogens with zero attached hydrogens (tertiary/aromatic N) is 2. The number of pyridine rings is 1. The Labute approximate surface area is 181 Å². The van der Waals surface area contributed by atoms with E-state index in [0.717, 1.165) is 42.6 Å². The Morgan fingerprint density at radius 3 is 2.83 bits per heavy atom. The van der Waals surface area contributed by atoms with E-state index in [9.17, 15) is 4.79 Å². The van der Waals surface area contributed by atoms with Gasteiger partial charge in [0.1, 0.15) is 5.82 Å². The lowest BCUT2D eigenvalue weighted by Crippen LogP contribution is -2.39. The molecule has 5 nitrogen and oxygen atoms in total. The van der Waals surface area contributed by atoms with Gasteiger partial charge in [0, 0.05) is 30.6 Å². The first-order chi connectivity index (χ1) is 14.7. The van der Waals surface area contributed by atoms with Gasteiger partial charge in [0.05, 0.1) is 24.5 Å². The Morgan fingerprint density at radius 2 is 2.10 bits per heavy atom. The smallest absolute Gasteiger partial charge is 0.255 e. The van der Waals surface area contributed by atoms with E-state index >= 15 is 0 Å². The summed E-state index contributed by atoms with van der Waals surface area (Å²) in [6.45, 7) is 3.64. The second-order valence-electron chi connectivity index (χ2n) is 9.14. The van der Waals surface area contributed by atoms with Crippen LogP contribution in [0.4, 0.5) is 5.82 Å². The van der Waals surface area contributed by atoms with Crippen molar-refractivity contribution < 1.29 is 9.53 Å². The lowest BCUT2D eigenvalue weighted by Gasteiger charge is -2.29. The molecule has 6 rings (SSSR count). The summed E-state index contributed by atoms with van der Waals surface area (Å²) in [6.07, 6.45) is 8.82. The van der Waals surface area contributed by atoms with Gasteiger partial charge in [-0.2, -0.15) is 11.3 Å². The quantitative estimate of drug-likeness (QED) is 0.742. The predicted molar refractivity (Wildman–Crippen MR) is 119 cm³/mol. The standard InChI is InChI=1S/C24H27N3O2S/c28-23(25-14-17-13-18-1-3-20(17)24(18)6-7-24)19-2-4-21(16-5-12-30-15-16)26-22(19)27-8-10-29-11-9-27/h1-5,12,15,17-18,20H,6-11,13-14H2,(H,25,28). The summed E-state index contributed by atoms with van der Waals surface area (Å²) in [7, 11) is 0. The van der Waals surface area contributed by atoms with Crippen molar-refractivity contribution in [2.75, 3.05) is 37.7 Å².